The van der Waals surface area contributed by atoms with Gasteiger partial charge in [0.25, 0.3) is 5.91 Å². The average Bonchev–Trinajstić information content (AvgIpc) is 2.70. The minimum atomic E-state index is -0.158. The number of benzene rings is 2. The second kappa shape index (κ2) is 8.78. The largest absolute Gasteiger partial charge is 0.492 e. The van der Waals surface area contributed by atoms with E-state index in [0.29, 0.717) is 23.7 Å². The fraction of sp³-hybridized carbons (Fsp3) is 0.250. The van der Waals surface area contributed by atoms with Crippen molar-refractivity contribution in [3.05, 3.63) is 78.0 Å². The molecule has 150 valence electrons. The molecule has 1 amide bonds. The van der Waals surface area contributed by atoms with Crippen LogP contribution < -0.4 is 15.4 Å². The number of rotatable bonds is 6. The number of nitrogens with one attached hydrogen (secondary N) is 2. The lowest BCUT2D eigenvalue weighted by atomic mass is 9.87. The van der Waals surface area contributed by atoms with Gasteiger partial charge < -0.3 is 15.4 Å². The summed E-state index contributed by atoms with van der Waals surface area (Å²) in [6, 6.07) is 19.0. The summed E-state index contributed by atoms with van der Waals surface area (Å²) in [6.45, 7) is 8.99. The molecule has 0 spiro atoms. The van der Waals surface area contributed by atoms with Crippen LogP contribution in [0.25, 0.3) is 0 Å². The van der Waals surface area contributed by atoms with Crippen LogP contribution in [-0.4, -0.2) is 17.5 Å². The average molecular weight is 389 g/mol. The maximum atomic E-state index is 12.5. The molecule has 1 aromatic heterocycles. The van der Waals surface area contributed by atoms with Crippen LogP contribution in [0.1, 0.15) is 43.6 Å². The number of nitrogens with zero attached hydrogens (tertiary/aromatic N) is 1. The predicted molar refractivity (Wildman–Crippen MR) is 118 cm³/mol. The first kappa shape index (κ1) is 20.4. The predicted octanol–water partition coefficient (Wildman–Crippen LogP) is 5.77. The summed E-state index contributed by atoms with van der Waals surface area (Å²) in [5.74, 6) is 1.28. The monoisotopic (exact) mass is 389 g/mol. The van der Waals surface area contributed by atoms with Gasteiger partial charge in [-0.25, -0.2) is 4.98 Å². The van der Waals surface area contributed by atoms with Crippen molar-refractivity contribution in [2.75, 3.05) is 17.2 Å². The zero-order valence-electron chi connectivity index (χ0n) is 17.3. The quantitative estimate of drug-likeness (QED) is 0.561. The van der Waals surface area contributed by atoms with E-state index in [1.165, 1.54) is 5.56 Å². The maximum absolute atomic E-state index is 12.5. The SMILES string of the molecule is CCOc1ccccc1Nc1ccc(NC(=O)c2ccc(C(C)(C)C)cc2)cn1. The van der Waals surface area contributed by atoms with Gasteiger partial charge >= 0.3 is 0 Å². The Kier molecular flexibility index (Phi) is 6.17. The smallest absolute Gasteiger partial charge is 0.255 e. The number of ether oxygens (including phenoxy) is 1. The lowest BCUT2D eigenvalue weighted by Gasteiger charge is -2.19. The molecule has 0 aliphatic carbocycles. The van der Waals surface area contributed by atoms with Crippen molar-refractivity contribution in [1.29, 1.82) is 0 Å². The highest BCUT2D eigenvalue weighted by atomic mass is 16.5. The van der Waals surface area contributed by atoms with Crippen molar-refractivity contribution in [3.8, 4) is 5.75 Å². The second-order valence-corrected chi connectivity index (χ2v) is 7.77. The first-order valence-electron chi connectivity index (χ1n) is 9.73. The van der Waals surface area contributed by atoms with E-state index in [2.05, 4.69) is 36.4 Å². The standard InChI is InChI=1S/C24H27N3O2/c1-5-29-21-9-7-6-8-20(21)27-22-15-14-19(16-25-22)26-23(28)17-10-12-18(13-11-17)24(2,3)4/h6-16H,5H2,1-4H3,(H,25,27)(H,26,28). The Morgan fingerprint density at radius 1 is 1.00 bits per heavy atom. The summed E-state index contributed by atoms with van der Waals surface area (Å²) < 4.78 is 5.62. The molecule has 5 nitrogen and oxygen atoms in total. The van der Waals surface area contributed by atoms with Gasteiger partial charge in [0, 0.05) is 5.56 Å². The van der Waals surface area contributed by atoms with Gasteiger partial charge in [0.2, 0.25) is 0 Å². The van der Waals surface area contributed by atoms with Gasteiger partial charge in [-0.2, -0.15) is 0 Å². The van der Waals surface area contributed by atoms with E-state index in [0.717, 1.165) is 11.4 Å². The van der Waals surface area contributed by atoms with Crippen molar-refractivity contribution in [3.63, 3.8) is 0 Å². The molecule has 0 radical (unpaired) electrons. The first-order valence-corrected chi connectivity index (χ1v) is 9.73. The van der Waals surface area contributed by atoms with E-state index in [1.54, 1.807) is 6.20 Å². The summed E-state index contributed by atoms with van der Waals surface area (Å²) in [4.78, 5) is 16.9. The maximum Gasteiger partial charge on any atom is 0.255 e. The molecule has 0 saturated heterocycles. The van der Waals surface area contributed by atoms with E-state index in [1.807, 2.05) is 67.6 Å². The summed E-state index contributed by atoms with van der Waals surface area (Å²) >= 11 is 0. The summed E-state index contributed by atoms with van der Waals surface area (Å²) in [5.41, 5.74) is 3.35. The number of aromatic nitrogens is 1. The van der Waals surface area contributed by atoms with Gasteiger partial charge in [0.1, 0.15) is 11.6 Å². The van der Waals surface area contributed by atoms with Gasteiger partial charge in [0.05, 0.1) is 24.2 Å². The van der Waals surface area contributed by atoms with Crippen molar-refractivity contribution in [2.45, 2.75) is 33.1 Å². The molecule has 3 aromatic rings. The van der Waals surface area contributed by atoms with Gasteiger partial charge in [-0.05, 0) is 54.3 Å². The summed E-state index contributed by atoms with van der Waals surface area (Å²) in [6.07, 6.45) is 1.63. The number of amides is 1. The van der Waals surface area contributed by atoms with E-state index in [4.69, 9.17) is 4.74 Å². The molecule has 0 saturated carbocycles. The topological polar surface area (TPSA) is 63.2 Å². The molecular formula is C24H27N3O2. The Labute approximate surface area is 172 Å². The van der Waals surface area contributed by atoms with Crippen LogP contribution in [0, 0.1) is 0 Å². The van der Waals surface area contributed by atoms with Crippen LogP contribution in [0.4, 0.5) is 17.2 Å². The third-order valence-corrected chi connectivity index (χ3v) is 4.48. The Balaban J connectivity index is 1.65. The van der Waals surface area contributed by atoms with E-state index in [-0.39, 0.29) is 11.3 Å². The molecule has 2 N–H and O–H groups in total. The molecule has 3 rings (SSSR count). The van der Waals surface area contributed by atoms with Gasteiger partial charge in [-0.15, -0.1) is 0 Å². The molecule has 0 aliphatic rings. The molecule has 0 unspecified atom stereocenters. The highest BCUT2D eigenvalue weighted by Gasteiger charge is 2.14. The summed E-state index contributed by atoms with van der Waals surface area (Å²) in [7, 11) is 0. The van der Waals surface area contributed by atoms with E-state index < -0.39 is 0 Å². The number of hydrogen-bond acceptors (Lipinski definition) is 4. The molecule has 2 aromatic carbocycles. The van der Waals surface area contributed by atoms with Crippen LogP contribution in [0.2, 0.25) is 0 Å². The Morgan fingerprint density at radius 2 is 1.72 bits per heavy atom. The Hall–Kier alpha value is -3.34. The van der Waals surface area contributed by atoms with Crippen LogP contribution in [-0.2, 0) is 5.41 Å². The molecule has 0 fully saturated rings. The molecular weight excluding hydrogens is 362 g/mol. The summed E-state index contributed by atoms with van der Waals surface area (Å²) in [5, 5.41) is 6.13. The van der Waals surface area contributed by atoms with Gasteiger partial charge in [-0.1, -0.05) is 45.0 Å². The Bertz CT molecular complexity index is 959. The zero-order chi connectivity index (χ0) is 20.9. The van der Waals surface area contributed by atoms with Crippen LogP contribution in [0.3, 0.4) is 0 Å². The zero-order valence-corrected chi connectivity index (χ0v) is 17.3. The molecule has 0 atom stereocenters. The van der Waals surface area contributed by atoms with Crippen molar-refractivity contribution in [2.24, 2.45) is 0 Å². The number of anilines is 3. The highest BCUT2D eigenvalue weighted by Crippen LogP contribution is 2.27. The van der Waals surface area contributed by atoms with Gasteiger partial charge in [0.15, 0.2) is 0 Å². The van der Waals surface area contributed by atoms with E-state index >= 15 is 0 Å². The van der Waals surface area contributed by atoms with Crippen LogP contribution >= 0.6 is 0 Å². The lowest BCUT2D eigenvalue weighted by Crippen LogP contribution is -2.14. The first-order chi connectivity index (χ1) is 13.9. The third kappa shape index (κ3) is 5.35. The number of para-hydroxylation sites is 2. The minimum absolute atomic E-state index is 0.0581. The highest BCUT2D eigenvalue weighted by molar-refractivity contribution is 6.04. The fourth-order valence-electron chi connectivity index (χ4n) is 2.86. The van der Waals surface area contributed by atoms with Crippen molar-refractivity contribution >= 4 is 23.1 Å². The van der Waals surface area contributed by atoms with E-state index in [9.17, 15) is 4.79 Å². The van der Waals surface area contributed by atoms with Gasteiger partial charge in [-0.3, -0.25) is 4.79 Å². The number of carbonyl (C=O) groups is 1. The molecule has 5 heteroatoms. The minimum Gasteiger partial charge on any atom is -0.492 e. The number of pyridine rings is 1. The van der Waals surface area contributed by atoms with Crippen molar-refractivity contribution in [1.82, 2.24) is 4.98 Å². The van der Waals surface area contributed by atoms with Crippen LogP contribution in [0.5, 0.6) is 5.75 Å². The second-order valence-electron chi connectivity index (χ2n) is 7.77. The lowest BCUT2D eigenvalue weighted by molar-refractivity contribution is 0.102. The molecule has 29 heavy (non-hydrogen) atoms. The molecule has 0 aliphatic heterocycles. The normalized spacial score (nSPS) is 11.0. The third-order valence-electron chi connectivity index (χ3n) is 4.48. The Morgan fingerprint density at radius 3 is 2.34 bits per heavy atom. The number of carbonyl (C=O) groups excluding carboxylic acids is 1. The number of hydrogen-bond donors (Lipinski definition) is 2. The molecule has 1 heterocycles. The van der Waals surface area contributed by atoms with Crippen LogP contribution in [0.15, 0.2) is 66.9 Å². The molecule has 0 bridgehead atoms. The van der Waals surface area contributed by atoms with Crippen molar-refractivity contribution < 1.29 is 9.53 Å². The fourth-order valence-corrected chi connectivity index (χ4v) is 2.86.